The molecule has 1 atom stereocenters. The van der Waals surface area contributed by atoms with Gasteiger partial charge in [0.15, 0.2) is 0 Å². The molecule has 1 aromatic rings. The lowest BCUT2D eigenvalue weighted by Gasteiger charge is -2.32. The van der Waals surface area contributed by atoms with E-state index in [9.17, 15) is 4.79 Å². The number of carbonyl (C=O) groups excluding carboxylic acids is 1. The minimum atomic E-state index is -0.557. The van der Waals surface area contributed by atoms with Gasteiger partial charge in [-0.1, -0.05) is 23.3 Å². The molecule has 1 aromatic heterocycles. The SMILES string of the molecule is CCOC(=O)c1nnc(SCCC2CCCCN2C)o1. The second kappa shape index (κ2) is 7.64. The van der Waals surface area contributed by atoms with Crippen molar-refractivity contribution in [2.75, 3.05) is 26.0 Å². The van der Waals surface area contributed by atoms with Gasteiger partial charge in [0.2, 0.25) is 0 Å². The zero-order chi connectivity index (χ0) is 14.4. The molecule has 1 saturated heterocycles. The first-order valence-electron chi connectivity index (χ1n) is 7.04. The molecule has 112 valence electrons. The maximum absolute atomic E-state index is 11.4. The Morgan fingerprint density at radius 2 is 2.35 bits per heavy atom. The molecule has 2 rings (SSSR count). The lowest BCUT2D eigenvalue weighted by Crippen LogP contribution is -2.36. The molecule has 0 spiro atoms. The number of aromatic nitrogens is 2. The average Bonchev–Trinajstić information content (AvgIpc) is 2.90. The summed E-state index contributed by atoms with van der Waals surface area (Å²) >= 11 is 1.50. The third kappa shape index (κ3) is 4.21. The van der Waals surface area contributed by atoms with Gasteiger partial charge < -0.3 is 14.1 Å². The van der Waals surface area contributed by atoms with Crippen LogP contribution in [0.1, 0.15) is 43.3 Å². The second-order valence-electron chi connectivity index (χ2n) is 4.86. The Labute approximate surface area is 123 Å². The van der Waals surface area contributed by atoms with Crippen molar-refractivity contribution in [3.8, 4) is 0 Å². The van der Waals surface area contributed by atoms with Gasteiger partial charge in [-0.25, -0.2) is 4.79 Å². The highest BCUT2D eigenvalue weighted by atomic mass is 32.2. The zero-order valence-corrected chi connectivity index (χ0v) is 12.8. The van der Waals surface area contributed by atoms with Crippen molar-refractivity contribution >= 4 is 17.7 Å². The maximum Gasteiger partial charge on any atom is 0.396 e. The number of esters is 1. The molecule has 0 radical (unpaired) electrons. The van der Waals surface area contributed by atoms with E-state index in [2.05, 4.69) is 22.1 Å². The zero-order valence-electron chi connectivity index (χ0n) is 12.0. The molecule has 7 heteroatoms. The molecule has 0 aliphatic carbocycles. The van der Waals surface area contributed by atoms with Crippen LogP contribution in [0.5, 0.6) is 0 Å². The highest BCUT2D eigenvalue weighted by Gasteiger charge is 2.20. The molecule has 6 nitrogen and oxygen atoms in total. The predicted octanol–water partition coefficient (Wildman–Crippen LogP) is 2.21. The van der Waals surface area contributed by atoms with Gasteiger partial charge in [0.05, 0.1) is 6.61 Å². The lowest BCUT2D eigenvalue weighted by molar-refractivity contribution is 0.0475. The van der Waals surface area contributed by atoms with E-state index >= 15 is 0 Å². The van der Waals surface area contributed by atoms with E-state index in [-0.39, 0.29) is 5.89 Å². The average molecular weight is 299 g/mol. The van der Waals surface area contributed by atoms with Crippen LogP contribution in [0.3, 0.4) is 0 Å². The number of hydrogen-bond donors (Lipinski definition) is 0. The van der Waals surface area contributed by atoms with Crippen molar-refractivity contribution in [3.05, 3.63) is 5.89 Å². The fourth-order valence-corrected chi connectivity index (χ4v) is 3.14. The number of rotatable bonds is 6. The third-order valence-electron chi connectivity index (χ3n) is 3.45. The number of hydrogen-bond acceptors (Lipinski definition) is 7. The van der Waals surface area contributed by atoms with Gasteiger partial charge >= 0.3 is 11.9 Å². The number of likely N-dealkylation sites (tertiary alicyclic amines) is 1. The topological polar surface area (TPSA) is 68.5 Å². The monoisotopic (exact) mass is 299 g/mol. The highest BCUT2D eigenvalue weighted by Crippen LogP contribution is 2.23. The van der Waals surface area contributed by atoms with Crippen LogP contribution in [0, 0.1) is 0 Å². The Morgan fingerprint density at radius 1 is 1.50 bits per heavy atom. The van der Waals surface area contributed by atoms with E-state index in [1.807, 2.05) is 0 Å². The second-order valence-corrected chi connectivity index (χ2v) is 5.91. The van der Waals surface area contributed by atoms with Gasteiger partial charge in [-0.05, 0) is 39.8 Å². The van der Waals surface area contributed by atoms with Crippen LogP contribution < -0.4 is 0 Å². The lowest BCUT2D eigenvalue weighted by atomic mass is 10.0. The van der Waals surface area contributed by atoms with Gasteiger partial charge in [-0.2, -0.15) is 0 Å². The molecule has 1 unspecified atom stereocenters. The van der Waals surface area contributed by atoms with Crippen molar-refractivity contribution in [2.45, 2.75) is 43.9 Å². The van der Waals surface area contributed by atoms with E-state index in [4.69, 9.17) is 9.15 Å². The molecule has 0 saturated carbocycles. The molecule has 2 heterocycles. The minimum absolute atomic E-state index is 0.0656. The van der Waals surface area contributed by atoms with Crippen LogP contribution in [0.2, 0.25) is 0 Å². The normalized spacial score (nSPS) is 20.0. The van der Waals surface area contributed by atoms with Crippen molar-refractivity contribution in [3.63, 3.8) is 0 Å². The summed E-state index contributed by atoms with van der Waals surface area (Å²) < 4.78 is 10.1. The van der Waals surface area contributed by atoms with Crippen LogP contribution in [0.25, 0.3) is 0 Å². The summed E-state index contributed by atoms with van der Waals surface area (Å²) in [6, 6.07) is 0.642. The molecule has 0 N–H and O–H groups in total. The van der Waals surface area contributed by atoms with Crippen molar-refractivity contribution in [1.82, 2.24) is 15.1 Å². The summed E-state index contributed by atoms with van der Waals surface area (Å²) in [6.07, 6.45) is 4.97. The van der Waals surface area contributed by atoms with Gasteiger partial charge in [0.1, 0.15) is 0 Å². The molecule has 1 fully saturated rings. The fourth-order valence-electron chi connectivity index (χ4n) is 2.33. The van der Waals surface area contributed by atoms with Crippen LogP contribution in [0.15, 0.2) is 9.64 Å². The molecule has 1 aliphatic heterocycles. The number of ether oxygens (including phenoxy) is 1. The number of piperidine rings is 1. The first kappa shape index (κ1) is 15.3. The number of nitrogens with zero attached hydrogens (tertiary/aromatic N) is 3. The highest BCUT2D eigenvalue weighted by molar-refractivity contribution is 7.99. The van der Waals surface area contributed by atoms with E-state index in [0.717, 1.165) is 12.2 Å². The smallest absolute Gasteiger partial charge is 0.396 e. The summed E-state index contributed by atoms with van der Waals surface area (Å²) in [6.45, 7) is 3.23. The van der Waals surface area contributed by atoms with Crippen molar-refractivity contribution in [2.24, 2.45) is 0 Å². The minimum Gasteiger partial charge on any atom is -0.459 e. The van der Waals surface area contributed by atoms with Gasteiger partial charge in [-0.15, -0.1) is 5.10 Å². The van der Waals surface area contributed by atoms with Crippen molar-refractivity contribution in [1.29, 1.82) is 0 Å². The summed E-state index contributed by atoms with van der Waals surface area (Å²) in [5.74, 6) is 0.294. The Kier molecular flexibility index (Phi) is 5.85. The van der Waals surface area contributed by atoms with E-state index in [1.54, 1.807) is 6.92 Å². The Balaban J connectivity index is 1.75. The van der Waals surface area contributed by atoms with Crippen LogP contribution in [-0.4, -0.2) is 53.1 Å². The van der Waals surface area contributed by atoms with Gasteiger partial charge in [-0.3, -0.25) is 0 Å². The molecule has 0 aromatic carbocycles. The van der Waals surface area contributed by atoms with E-state index in [0.29, 0.717) is 17.9 Å². The summed E-state index contributed by atoms with van der Waals surface area (Å²) in [5.41, 5.74) is 0. The molecular weight excluding hydrogens is 278 g/mol. The van der Waals surface area contributed by atoms with Gasteiger partial charge in [0, 0.05) is 11.8 Å². The summed E-state index contributed by atoms with van der Waals surface area (Å²) in [4.78, 5) is 13.8. The van der Waals surface area contributed by atoms with Gasteiger partial charge in [0.25, 0.3) is 5.22 Å². The molecule has 20 heavy (non-hydrogen) atoms. The molecule has 0 amide bonds. The summed E-state index contributed by atoms with van der Waals surface area (Å²) in [7, 11) is 2.18. The standard InChI is InChI=1S/C13H21N3O3S/c1-3-18-12(17)11-14-15-13(19-11)20-9-7-10-6-4-5-8-16(10)2/h10H,3-9H2,1-2H3. The quantitative estimate of drug-likeness (QED) is 0.589. The first-order valence-corrected chi connectivity index (χ1v) is 8.03. The van der Waals surface area contributed by atoms with Crippen LogP contribution in [0.4, 0.5) is 0 Å². The summed E-state index contributed by atoms with van der Waals surface area (Å²) in [5, 5.41) is 7.98. The largest absolute Gasteiger partial charge is 0.459 e. The fraction of sp³-hybridized carbons (Fsp3) is 0.769. The predicted molar refractivity (Wildman–Crippen MR) is 75.9 cm³/mol. The van der Waals surface area contributed by atoms with E-state index < -0.39 is 5.97 Å². The Bertz CT molecular complexity index is 438. The Morgan fingerprint density at radius 3 is 3.10 bits per heavy atom. The van der Waals surface area contributed by atoms with Crippen LogP contribution >= 0.6 is 11.8 Å². The number of thioether (sulfide) groups is 1. The van der Waals surface area contributed by atoms with Crippen LogP contribution in [-0.2, 0) is 4.74 Å². The van der Waals surface area contributed by atoms with Crippen molar-refractivity contribution < 1.29 is 13.9 Å². The first-order chi connectivity index (χ1) is 9.70. The maximum atomic E-state index is 11.4. The third-order valence-corrected chi connectivity index (χ3v) is 4.31. The molecular formula is C13H21N3O3S. The molecule has 0 bridgehead atoms. The molecule has 1 aliphatic rings. The number of carbonyl (C=O) groups is 1. The Hall–Kier alpha value is -1.08. The van der Waals surface area contributed by atoms with E-state index in [1.165, 1.54) is 37.6 Å².